The summed E-state index contributed by atoms with van der Waals surface area (Å²) in [7, 11) is 0. The second-order valence-electron chi connectivity index (χ2n) is 5.97. The highest BCUT2D eigenvalue weighted by molar-refractivity contribution is 7.17. The van der Waals surface area contributed by atoms with Crippen LogP contribution in [0.5, 0.6) is 5.88 Å². The average Bonchev–Trinajstić information content (AvgIpc) is 3.14. The lowest BCUT2D eigenvalue weighted by Crippen LogP contribution is -2.38. The first kappa shape index (κ1) is 15.5. The molecule has 0 bridgehead atoms. The minimum absolute atomic E-state index is 0.0351. The minimum Gasteiger partial charge on any atom is -0.492 e. The van der Waals surface area contributed by atoms with Crippen molar-refractivity contribution in [3.63, 3.8) is 0 Å². The molecule has 1 aliphatic heterocycles. The molecule has 0 radical (unpaired) electrons. The van der Waals surface area contributed by atoms with Crippen molar-refractivity contribution in [2.45, 2.75) is 25.0 Å². The Morgan fingerprint density at radius 3 is 2.79 bits per heavy atom. The SMILES string of the molecule is Oc1c([C@H](c2cccc(F)c2)N2CCC(O)CC2)sc2ncnn12. The Hall–Kier alpha value is -2.03. The van der Waals surface area contributed by atoms with Crippen LogP contribution in [0.25, 0.3) is 4.96 Å². The third kappa shape index (κ3) is 2.66. The van der Waals surface area contributed by atoms with Crippen LogP contribution in [0.2, 0.25) is 0 Å². The van der Waals surface area contributed by atoms with Crippen LogP contribution in [0, 0.1) is 5.82 Å². The first-order valence-electron chi connectivity index (χ1n) is 7.82. The Morgan fingerprint density at radius 1 is 1.29 bits per heavy atom. The summed E-state index contributed by atoms with van der Waals surface area (Å²) >= 11 is 1.35. The number of aliphatic hydroxyl groups is 1. The van der Waals surface area contributed by atoms with Crippen molar-refractivity contribution >= 4 is 16.3 Å². The third-order valence-corrected chi connectivity index (χ3v) is 5.50. The Labute approximate surface area is 141 Å². The number of aliphatic hydroxyl groups excluding tert-OH is 1. The predicted octanol–water partition coefficient (Wildman–Crippen LogP) is 2.18. The van der Waals surface area contributed by atoms with E-state index in [1.807, 2.05) is 6.07 Å². The van der Waals surface area contributed by atoms with Gasteiger partial charge in [0.25, 0.3) is 0 Å². The molecule has 2 aromatic heterocycles. The van der Waals surface area contributed by atoms with Crippen LogP contribution >= 0.6 is 11.3 Å². The summed E-state index contributed by atoms with van der Waals surface area (Å²) in [6.07, 6.45) is 2.41. The zero-order valence-corrected chi connectivity index (χ0v) is 13.7. The molecule has 0 unspecified atom stereocenters. The molecule has 8 heteroatoms. The molecule has 0 amide bonds. The molecule has 1 saturated heterocycles. The van der Waals surface area contributed by atoms with Gasteiger partial charge in [-0.1, -0.05) is 23.5 Å². The Kier molecular flexibility index (Phi) is 3.95. The van der Waals surface area contributed by atoms with Crippen molar-refractivity contribution < 1.29 is 14.6 Å². The monoisotopic (exact) mass is 348 g/mol. The summed E-state index contributed by atoms with van der Waals surface area (Å²) in [5.74, 6) is -0.277. The molecule has 0 aliphatic carbocycles. The number of piperidine rings is 1. The van der Waals surface area contributed by atoms with E-state index < -0.39 is 0 Å². The van der Waals surface area contributed by atoms with Gasteiger partial charge in [-0.15, -0.1) is 0 Å². The quantitative estimate of drug-likeness (QED) is 0.759. The van der Waals surface area contributed by atoms with Gasteiger partial charge in [0.2, 0.25) is 10.8 Å². The molecule has 0 spiro atoms. The van der Waals surface area contributed by atoms with Crippen molar-refractivity contribution in [2.24, 2.45) is 0 Å². The maximum absolute atomic E-state index is 13.8. The van der Waals surface area contributed by atoms with Crippen LogP contribution in [-0.4, -0.2) is 48.9 Å². The summed E-state index contributed by atoms with van der Waals surface area (Å²) in [5, 5.41) is 24.4. The fourth-order valence-corrected chi connectivity index (χ4v) is 4.31. The molecule has 0 saturated carbocycles. The van der Waals surface area contributed by atoms with E-state index in [0.717, 1.165) is 5.56 Å². The second kappa shape index (κ2) is 6.12. The van der Waals surface area contributed by atoms with Crippen molar-refractivity contribution in [3.8, 4) is 5.88 Å². The van der Waals surface area contributed by atoms with E-state index in [0.29, 0.717) is 35.8 Å². The Bertz CT molecular complexity index is 857. The number of thiazole rings is 1. The minimum atomic E-state index is -0.312. The molecule has 4 rings (SSSR count). The first-order chi connectivity index (χ1) is 11.6. The molecule has 3 heterocycles. The molecule has 3 aromatic rings. The van der Waals surface area contributed by atoms with Crippen LogP contribution in [0.3, 0.4) is 0 Å². The number of hydrogen-bond donors (Lipinski definition) is 2. The van der Waals surface area contributed by atoms with E-state index in [2.05, 4.69) is 15.0 Å². The van der Waals surface area contributed by atoms with Gasteiger partial charge in [0.1, 0.15) is 12.1 Å². The smallest absolute Gasteiger partial charge is 0.230 e. The van der Waals surface area contributed by atoms with Gasteiger partial charge in [-0.05, 0) is 30.5 Å². The number of likely N-dealkylation sites (tertiary alicyclic amines) is 1. The molecule has 1 aromatic carbocycles. The normalized spacial score (nSPS) is 18.2. The highest BCUT2D eigenvalue weighted by Gasteiger charge is 2.31. The van der Waals surface area contributed by atoms with Crippen LogP contribution in [-0.2, 0) is 0 Å². The Morgan fingerprint density at radius 2 is 2.08 bits per heavy atom. The molecule has 24 heavy (non-hydrogen) atoms. The maximum Gasteiger partial charge on any atom is 0.230 e. The van der Waals surface area contributed by atoms with Gasteiger partial charge in [0, 0.05) is 13.1 Å². The zero-order chi connectivity index (χ0) is 16.7. The standard InChI is InChI=1S/C16H17FN4O2S/c17-11-3-1-2-10(8-11)13(20-6-4-12(22)5-7-20)14-15(23)21-16(24-14)18-9-19-21/h1-3,8-9,12-13,22-23H,4-7H2/t13-/m0/s1. The van der Waals surface area contributed by atoms with Gasteiger partial charge < -0.3 is 10.2 Å². The van der Waals surface area contributed by atoms with Gasteiger partial charge in [-0.2, -0.15) is 9.61 Å². The molecule has 2 N–H and O–H groups in total. The molecule has 1 fully saturated rings. The molecule has 1 aliphatic rings. The van der Waals surface area contributed by atoms with Crippen molar-refractivity contribution in [1.29, 1.82) is 0 Å². The summed E-state index contributed by atoms with van der Waals surface area (Å²) in [6, 6.07) is 6.13. The molecule has 126 valence electrons. The van der Waals surface area contributed by atoms with Crippen molar-refractivity contribution in [2.75, 3.05) is 13.1 Å². The van der Waals surface area contributed by atoms with E-state index in [1.54, 1.807) is 6.07 Å². The van der Waals surface area contributed by atoms with Crippen LogP contribution in [0.15, 0.2) is 30.6 Å². The fraction of sp³-hybridized carbons (Fsp3) is 0.375. The van der Waals surface area contributed by atoms with Gasteiger partial charge in [-0.3, -0.25) is 4.90 Å². The van der Waals surface area contributed by atoms with Crippen molar-refractivity contribution in [3.05, 3.63) is 46.9 Å². The van der Waals surface area contributed by atoms with Crippen molar-refractivity contribution in [1.82, 2.24) is 19.5 Å². The van der Waals surface area contributed by atoms with Gasteiger partial charge in [0.15, 0.2) is 0 Å². The van der Waals surface area contributed by atoms with Crippen LogP contribution in [0.4, 0.5) is 4.39 Å². The first-order valence-corrected chi connectivity index (χ1v) is 8.64. The second-order valence-corrected chi connectivity index (χ2v) is 6.98. The van der Waals surface area contributed by atoms with Crippen LogP contribution < -0.4 is 0 Å². The largest absolute Gasteiger partial charge is 0.492 e. The molecule has 6 nitrogen and oxygen atoms in total. The Balaban J connectivity index is 1.80. The zero-order valence-electron chi connectivity index (χ0n) is 12.8. The lowest BCUT2D eigenvalue weighted by atomic mass is 9.99. The highest BCUT2D eigenvalue weighted by Crippen LogP contribution is 2.40. The summed E-state index contributed by atoms with van der Waals surface area (Å²) in [4.78, 5) is 7.57. The topological polar surface area (TPSA) is 73.9 Å². The van der Waals surface area contributed by atoms with E-state index >= 15 is 0 Å². The lowest BCUT2D eigenvalue weighted by Gasteiger charge is -2.36. The number of hydrogen-bond acceptors (Lipinski definition) is 6. The predicted molar refractivity (Wildman–Crippen MR) is 87.6 cm³/mol. The summed E-state index contributed by atoms with van der Waals surface area (Å²) in [5.41, 5.74) is 0.770. The number of fused-ring (bicyclic) bond motifs is 1. The third-order valence-electron chi connectivity index (χ3n) is 4.42. The fourth-order valence-electron chi connectivity index (χ4n) is 3.22. The number of aromatic nitrogens is 3. The van der Waals surface area contributed by atoms with Gasteiger partial charge in [-0.25, -0.2) is 9.37 Å². The number of halogens is 1. The number of nitrogens with zero attached hydrogens (tertiary/aromatic N) is 4. The molecule has 1 atom stereocenters. The summed E-state index contributed by atoms with van der Waals surface area (Å²) < 4.78 is 15.2. The molecular formula is C16H17FN4O2S. The highest BCUT2D eigenvalue weighted by atomic mass is 32.1. The average molecular weight is 348 g/mol. The lowest BCUT2D eigenvalue weighted by molar-refractivity contribution is 0.0689. The van der Waals surface area contributed by atoms with E-state index in [1.165, 1.54) is 34.3 Å². The summed E-state index contributed by atoms with van der Waals surface area (Å²) in [6.45, 7) is 1.35. The van der Waals surface area contributed by atoms with E-state index in [4.69, 9.17) is 0 Å². The maximum atomic E-state index is 13.8. The number of aromatic hydroxyl groups is 1. The number of benzene rings is 1. The van der Waals surface area contributed by atoms with Gasteiger partial charge in [0.05, 0.1) is 17.0 Å². The number of rotatable bonds is 3. The van der Waals surface area contributed by atoms with E-state index in [-0.39, 0.29) is 23.8 Å². The van der Waals surface area contributed by atoms with E-state index in [9.17, 15) is 14.6 Å². The van der Waals surface area contributed by atoms with Crippen LogP contribution in [0.1, 0.15) is 29.3 Å². The molecular weight excluding hydrogens is 331 g/mol. The van der Waals surface area contributed by atoms with Gasteiger partial charge >= 0.3 is 0 Å².